The van der Waals surface area contributed by atoms with Crippen molar-refractivity contribution in [1.29, 1.82) is 0 Å². The molecule has 0 saturated carbocycles. The fourth-order valence-corrected chi connectivity index (χ4v) is 2.76. The van der Waals surface area contributed by atoms with Crippen molar-refractivity contribution in [2.45, 2.75) is 46.1 Å². The predicted molar refractivity (Wildman–Crippen MR) is 87.3 cm³/mol. The van der Waals surface area contributed by atoms with E-state index in [0.717, 1.165) is 31.5 Å². The van der Waals surface area contributed by atoms with Gasteiger partial charge in [-0.25, -0.2) is 0 Å². The molecule has 1 aliphatic heterocycles. The third-order valence-electron chi connectivity index (χ3n) is 4.00. The zero-order chi connectivity index (χ0) is 16.2. The number of rotatable bonds is 3. The Morgan fingerprint density at radius 3 is 2.27 bits per heavy atom. The Morgan fingerprint density at radius 2 is 1.73 bits per heavy atom. The van der Waals surface area contributed by atoms with Crippen molar-refractivity contribution in [2.24, 2.45) is 5.41 Å². The summed E-state index contributed by atoms with van der Waals surface area (Å²) in [7, 11) is 0. The van der Waals surface area contributed by atoms with E-state index in [1.807, 2.05) is 56.0 Å². The quantitative estimate of drug-likeness (QED) is 0.932. The van der Waals surface area contributed by atoms with Crippen LogP contribution in [0.1, 0.15) is 39.2 Å². The van der Waals surface area contributed by atoms with Crippen molar-refractivity contribution in [2.75, 3.05) is 13.1 Å². The van der Waals surface area contributed by atoms with Crippen LogP contribution >= 0.6 is 0 Å². The largest absolute Gasteiger partial charge is 0.353 e. The lowest BCUT2D eigenvalue weighted by Gasteiger charge is -2.36. The van der Waals surface area contributed by atoms with Crippen LogP contribution in [0, 0.1) is 5.41 Å². The highest BCUT2D eigenvalue weighted by Gasteiger charge is 2.30. The van der Waals surface area contributed by atoms with Crippen molar-refractivity contribution >= 4 is 11.8 Å². The molecule has 0 spiro atoms. The molecule has 0 radical (unpaired) electrons. The summed E-state index contributed by atoms with van der Waals surface area (Å²) < 4.78 is 0. The topological polar surface area (TPSA) is 49.4 Å². The van der Waals surface area contributed by atoms with Crippen LogP contribution in [0.5, 0.6) is 0 Å². The second-order valence-electron chi connectivity index (χ2n) is 7.05. The fraction of sp³-hybridized carbons (Fsp3) is 0.556. The lowest BCUT2D eigenvalue weighted by Crippen LogP contribution is -2.49. The first-order chi connectivity index (χ1) is 10.4. The third-order valence-corrected chi connectivity index (χ3v) is 4.00. The van der Waals surface area contributed by atoms with Crippen molar-refractivity contribution in [3.8, 4) is 0 Å². The normalized spacial score (nSPS) is 16.4. The fourth-order valence-electron chi connectivity index (χ4n) is 2.76. The lowest BCUT2D eigenvalue weighted by molar-refractivity contribution is -0.140. The molecule has 4 nitrogen and oxygen atoms in total. The average molecular weight is 302 g/mol. The van der Waals surface area contributed by atoms with E-state index in [9.17, 15) is 9.59 Å². The molecule has 0 aromatic heterocycles. The first-order valence-electron chi connectivity index (χ1n) is 7.99. The van der Waals surface area contributed by atoms with Gasteiger partial charge in [-0.15, -0.1) is 0 Å². The number of benzene rings is 1. The minimum absolute atomic E-state index is 0.0618. The second-order valence-corrected chi connectivity index (χ2v) is 7.05. The van der Waals surface area contributed by atoms with Gasteiger partial charge < -0.3 is 10.2 Å². The van der Waals surface area contributed by atoms with E-state index < -0.39 is 0 Å². The van der Waals surface area contributed by atoms with Crippen LogP contribution in [0.2, 0.25) is 0 Å². The number of hydrogen-bond donors (Lipinski definition) is 1. The molecule has 2 rings (SSSR count). The van der Waals surface area contributed by atoms with Crippen molar-refractivity contribution in [3.05, 3.63) is 35.9 Å². The first-order valence-corrected chi connectivity index (χ1v) is 7.99. The molecular weight excluding hydrogens is 276 g/mol. The van der Waals surface area contributed by atoms with Crippen LogP contribution in [0.15, 0.2) is 30.3 Å². The SMILES string of the molecule is CC(C)(C)C(=O)N1CCC(NC(=O)Cc2ccccc2)CC1. The predicted octanol–water partition coefficient (Wildman–Crippen LogP) is 2.38. The Morgan fingerprint density at radius 1 is 1.14 bits per heavy atom. The summed E-state index contributed by atoms with van der Waals surface area (Å²) in [4.78, 5) is 26.2. The molecule has 1 aromatic rings. The smallest absolute Gasteiger partial charge is 0.227 e. The molecule has 1 aromatic carbocycles. The van der Waals surface area contributed by atoms with E-state index in [-0.39, 0.29) is 23.3 Å². The monoisotopic (exact) mass is 302 g/mol. The molecule has 0 atom stereocenters. The number of amides is 2. The summed E-state index contributed by atoms with van der Waals surface area (Å²) >= 11 is 0. The summed E-state index contributed by atoms with van der Waals surface area (Å²) in [6.45, 7) is 7.30. The number of nitrogens with one attached hydrogen (secondary N) is 1. The van der Waals surface area contributed by atoms with Gasteiger partial charge in [-0.05, 0) is 18.4 Å². The first kappa shape index (κ1) is 16.5. The van der Waals surface area contributed by atoms with Crippen LogP contribution in [-0.2, 0) is 16.0 Å². The highest BCUT2D eigenvalue weighted by molar-refractivity contribution is 5.82. The van der Waals surface area contributed by atoms with Gasteiger partial charge in [0.25, 0.3) is 0 Å². The molecule has 0 bridgehead atoms. The molecule has 0 aliphatic carbocycles. The molecule has 1 N–H and O–H groups in total. The standard InChI is InChI=1S/C18H26N2O2/c1-18(2,3)17(22)20-11-9-15(10-12-20)19-16(21)13-14-7-5-4-6-8-14/h4-8,15H,9-13H2,1-3H3,(H,19,21). The Labute approximate surface area is 132 Å². The van der Waals surface area contributed by atoms with E-state index in [1.165, 1.54) is 0 Å². The van der Waals surface area contributed by atoms with Gasteiger partial charge in [0.1, 0.15) is 0 Å². The van der Waals surface area contributed by atoms with Crippen molar-refractivity contribution in [3.63, 3.8) is 0 Å². The van der Waals surface area contributed by atoms with E-state index in [1.54, 1.807) is 0 Å². The van der Waals surface area contributed by atoms with E-state index in [4.69, 9.17) is 0 Å². The van der Waals surface area contributed by atoms with E-state index >= 15 is 0 Å². The minimum Gasteiger partial charge on any atom is -0.353 e. The van der Waals surface area contributed by atoms with Gasteiger partial charge in [0.05, 0.1) is 6.42 Å². The molecule has 22 heavy (non-hydrogen) atoms. The van der Waals surface area contributed by atoms with Gasteiger partial charge in [0, 0.05) is 24.5 Å². The van der Waals surface area contributed by atoms with Crippen LogP contribution in [0.4, 0.5) is 0 Å². The van der Waals surface area contributed by atoms with Gasteiger partial charge in [-0.3, -0.25) is 9.59 Å². The van der Waals surface area contributed by atoms with Crippen LogP contribution < -0.4 is 5.32 Å². The number of piperidine rings is 1. The molecule has 0 unspecified atom stereocenters. The second kappa shape index (κ2) is 6.95. The number of likely N-dealkylation sites (tertiary alicyclic amines) is 1. The molecular formula is C18H26N2O2. The molecule has 2 amide bonds. The highest BCUT2D eigenvalue weighted by atomic mass is 16.2. The van der Waals surface area contributed by atoms with Crippen molar-refractivity contribution in [1.82, 2.24) is 10.2 Å². The number of carbonyl (C=O) groups is 2. The zero-order valence-electron chi connectivity index (χ0n) is 13.8. The maximum atomic E-state index is 12.2. The van der Waals surface area contributed by atoms with Crippen molar-refractivity contribution < 1.29 is 9.59 Å². The van der Waals surface area contributed by atoms with Crippen LogP contribution in [0.3, 0.4) is 0 Å². The van der Waals surface area contributed by atoms with Gasteiger partial charge >= 0.3 is 0 Å². The van der Waals surface area contributed by atoms with Gasteiger partial charge in [-0.2, -0.15) is 0 Å². The number of nitrogens with zero attached hydrogens (tertiary/aromatic N) is 1. The van der Waals surface area contributed by atoms with Gasteiger partial charge in [-0.1, -0.05) is 51.1 Å². The Kier molecular flexibility index (Phi) is 5.22. The Bertz CT molecular complexity index is 512. The third kappa shape index (κ3) is 4.58. The highest BCUT2D eigenvalue weighted by Crippen LogP contribution is 2.21. The number of carbonyl (C=O) groups excluding carboxylic acids is 2. The summed E-state index contributed by atoms with van der Waals surface area (Å²) in [5, 5.41) is 3.09. The molecule has 4 heteroatoms. The summed E-state index contributed by atoms with van der Waals surface area (Å²) in [5.41, 5.74) is 0.698. The summed E-state index contributed by atoms with van der Waals surface area (Å²) in [6.07, 6.45) is 2.09. The summed E-state index contributed by atoms with van der Waals surface area (Å²) in [5.74, 6) is 0.258. The minimum atomic E-state index is -0.330. The van der Waals surface area contributed by atoms with Gasteiger partial charge in [0.2, 0.25) is 11.8 Å². The molecule has 1 saturated heterocycles. The summed E-state index contributed by atoms with van der Waals surface area (Å²) in [6, 6.07) is 9.94. The van der Waals surface area contributed by atoms with E-state index in [0.29, 0.717) is 6.42 Å². The molecule has 1 heterocycles. The Balaban J connectivity index is 1.78. The maximum Gasteiger partial charge on any atom is 0.227 e. The lowest BCUT2D eigenvalue weighted by atomic mass is 9.93. The Hall–Kier alpha value is -1.84. The number of hydrogen-bond acceptors (Lipinski definition) is 2. The van der Waals surface area contributed by atoms with Crippen LogP contribution in [-0.4, -0.2) is 35.8 Å². The molecule has 1 fully saturated rings. The maximum absolute atomic E-state index is 12.2. The van der Waals surface area contributed by atoms with Gasteiger partial charge in [0.15, 0.2) is 0 Å². The van der Waals surface area contributed by atoms with Crippen LogP contribution in [0.25, 0.3) is 0 Å². The molecule has 120 valence electrons. The molecule has 1 aliphatic rings. The average Bonchev–Trinajstić information content (AvgIpc) is 2.47. The van der Waals surface area contributed by atoms with E-state index in [2.05, 4.69) is 5.32 Å². The zero-order valence-corrected chi connectivity index (χ0v) is 13.8.